The van der Waals surface area contributed by atoms with Crippen molar-refractivity contribution in [2.75, 3.05) is 127 Å². The zero-order valence-corrected chi connectivity index (χ0v) is 41.7. The maximum Gasteiger partial charge on any atom is 0.247 e. The number of halogens is 1. The number of nitrogens with zero attached hydrogens (tertiary/aromatic N) is 13. The molecule has 0 unspecified atom stereocenters. The predicted octanol–water partition coefficient (Wildman–Crippen LogP) is 0.466. The van der Waals surface area contributed by atoms with Gasteiger partial charge in [0.15, 0.2) is 0 Å². The molecular weight excluding hydrogens is 938 g/mol. The molecular formula is C46H72ClN17O7. The number of nitrogens with two attached hydrogens (primary N) is 3. The number of phenolic OH excluding ortho intramolecular Hbond substituents is 1. The minimum atomic E-state index is -0.704. The van der Waals surface area contributed by atoms with Gasteiger partial charge >= 0.3 is 0 Å². The molecule has 9 N–H and O–H groups in total. The summed E-state index contributed by atoms with van der Waals surface area (Å²) in [6.45, 7) is 10.4. The average Bonchev–Trinajstić information content (AvgIpc) is 4.08. The summed E-state index contributed by atoms with van der Waals surface area (Å²) in [5, 5.41) is 39.9. The van der Waals surface area contributed by atoms with Gasteiger partial charge in [-0.25, -0.2) is 9.36 Å². The van der Waals surface area contributed by atoms with Crippen molar-refractivity contribution < 1.29 is 34.0 Å². The van der Waals surface area contributed by atoms with Gasteiger partial charge in [0.1, 0.15) is 30.1 Å². The number of aromatic nitrogens is 9. The lowest BCUT2D eigenvalue weighted by Gasteiger charge is -2.38. The molecule has 0 radical (unpaired) electrons. The van der Waals surface area contributed by atoms with E-state index in [9.17, 15) is 19.8 Å². The lowest BCUT2D eigenvalue weighted by atomic mass is 10.0. The molecule has 71 heavy (non-hydrogen) atoms. The molecule has 1 aromatic carbocycles. The highest BCUT2D eigenvalue weighted by atomic mass is 35.5. The van der Waals surface area contributed by atoms with Crippen molar-refractivity contribution in [1.82, 2.24) is 54.7 Å². The van der Waals surface area contributed by atoms with Crippen molar-refractivity contribution in [3.05, 3.63) is 53.6 Å². The third kappa shape index (κ3) is 16.6. The van der Waals surface area contributed by atoms with Crippen molar-refractivity contribution in [2.24, 2.45) is 23.1 Å². The highest BCUT2D eigenvalue weighted by Crippen LogP contribution is 2.26. The van der Waals surface area contributed by atoms with Crippen LogP contribution in [0.3, 0.4) is 0 Å². The Morgan fingerprint density at radius 2 is 1.30 bits per heavy atom. The number of hydrogen-bond donors (Lipinski definition) is 6. The van der Waals surface area contributed by atoms with Crippen LogP contribution in [0.5, 0.6) is 5.75 Å². The fraction of sp³-hybridized carbons (Fsp3) is 0.630. The molecule has 0 bridgehead atoms. The number of aliphatic hydroxyl groups excluding tert-OH is 1. The molecule has 0 spiro atoms. The molecule has 4 atom stereocenters. The molecule has 2 aliphatic rings. The number of amides is 2. The number of hydrogen-bond acceptors (Lipinski definition) is 20. The standard InChI is InChI=1S/C46H71N17O7.ClH/c1-4-22-68-24-26-70-27-25-69-23-13-50-44-51-45(60-18-14-58(15-19-60)42(66)40(7-5-6-12-47)62-31-39(55-56-62)37(49)32-64)53-46(52-44)61-20-16-59(17-21-61)43(67)41(29-34-8-10-35(65)11-9-34)63-30-38(54-57-63)36(48)28-33(2)3;/h1,8-11,30-31,33,36-37,40-41,64-65H,5-7,12-29,32,47-49H2,2-3H3,(H,50,51,52,53);1H/t36-,37-,40-,41-;/m0./s1. The summed E-state index contributed by atoms with van der Waals surface area (Å²) >= 11 is 0. The van der Waals surface area contributed by atoms with E-state index in [1.165, 1.54) is 0 Å². The Kier molecular flexibility index (Phi) is 22.9. The maximum atomic E-state index is 14.5. The van der Waals surface area contributed by atoms with E-state index in [1.807, 2.05) is 19.6 Å². The van der Waals surface area contributed by atoms with Crippen molar-refractivity contribution in [3.8, 4) is 18.1 Å². The molecule has 5 heterocycles. The monoisotopic (exact) mass is 1010 g/mol. The zero-order valence-electron chi connectivity index (χ0n) is 40.9. The minimum absolute atomic E-state index is 0. The smallest absolute Gasteiger partial charge is 0.247 e. The fourth-order valence-electron chi connectivity index (χ4n) is 8.14. The zero-order chi connectivity index (χ0) is 49.8. The number of benzene rings is 1. The molecule has 6 rings (SSSR count). The summed E-state index contributed by atoms with van der Waals surface area (Å²) in [4.78, 5) is 50.9. The first kappa shape index (κ1) is 56.1. The number of aromatic hydroxyl groups is 1. The summed E-state index contributed by atoms with van der Waals surface area (Å²) < 4.78 is 19.7. The van der Waals surface area contributed by atoms with Gasteiger partial charge in [0.05, 0.1) is 69.8 Å². The number of phenols is 1. The first-order valence-corrected chi connectivity index (χ1v) is 24.1. The lowest BCUT2D eigenvalue weighted by Crippen LogP contribution is -2.52. The average molecular weight is 1010 g/mol. The van der Waals surface area contributed by atoms with Crippen LogP contribution in [0.1, 0.15) is 80.6 Å². The number of carbonyl (C=O) groups is 2. The SMILES string of the molecule is C#CCOCCOCCOCCNc1nc(N2CCN(C(=O)[C@H](CCCCN)n3cc([C@@H](N)CO)nn3)CC2)nc(N2CCN(C(=O)[C@H](Cc3ccc(O)cc3)n3cc([C@@H](N)CC(C)C)nn3)CC2)n1.Cl. The summed E-state index contributed by atoms with van der Waals surface area (Å²) in [6.07, 6.45) is 11.7. The van der Waals surface area contributed by atoms with Gasteiger partial charge in [-0.05, 0) is 55.8 Å². The van der Waals surface area contributed by atoms with Gasteiger partial charge in [-0.2, -0.15) is 15.0 Å². The van der Waals surface area contributed by atoms with Crippen molar-refractivity contribution in [3.63, 3.8) is 0 Å². The predicted molar refractivity (Wildman–Crippen MR) is 268 cm³/mol. The van der Waals surface area contributed by atoms with Crippen LogP contribution in [0.2, 0.25) is 0 Å². The van der Waals surface area contributed by atoms with Crippen LogP contribution in [0, 0.1) is 18.3 Å². The first-order valence-electron chi connectivity index (χ1n) is 24.1. The Morgan fingerprint density at radius 3 is 1.85 bits per heavy atom. The van der Waals surface area contributed by atoms with E-state index in [0.29, 0.717) is 146 Å². The highest BCUT2D eigenvalue weighted by Gasteiger charge is 2.34. The molecule has 2 amide bonds. The lowest BCUT2D eigenvalue weighted by molar-refractivity contribution is -0.136. The molecule has 25 heteroatoms. The molecule has 4 aromatic rings. The second-order valence-corrected chi connectivity index (χ2v) is 17.8. The fourth-order valence-corrected chi connectivity index (χ4v) is 8.14. The molecule has 3 aromatic heterocycles. The molecule has 0 saturated carbocycles. The van der Waals surface area contributed by atoms with E-state index in [2.05, 4.69) is 45.7 Å². The van der Waals surface area contributed by atoms with E-state index in [1.54, 1.807) is 46.0 Å². The van der Waals surface area contributed by atoms with Gasteiger partial charge in [-0.15, -0.1) is 29.0 Å². The number of aliphatic hydroxyl groups is 1. The number of ether oxygens (including phenoxy) is 3. The van der Waals surface area contributed by atoms with E-state index >= 15 is 0 Å². The molecule has 2 fully saturated rings. The Morgan fingerprint density at radius 1 is 0.761 bits per heavy atom. The molecule has 2 saturated heterocycles. The highest BCUT2D eigenvalue weighted by molar-refractivity contribution is 5.85. The van der Waals surface area contributed by atoms with Crippen LogP contribution in [0.15, 0.2) is 36.7 Å². The second-order valence-electron chi connectivity index (χ2n) is 17.8. The number of nitrogens with one attached hydrogen (secondary N) is 1. The summed E-state index contributed by atoms with van der Waals surface area (Å²) in [5.74, 6) is 3.96. The van der Waals surface area contributed by atoms with Gasteiger partial charge in [-0.3, -0.25) is 9.59 Å². The molecule has 24 nitrogen and oxygen atoms in total. The third-order valence-electron chi connectivity index (χ3n) is 12.1. The number of unbranched alkanes of at least 4 members (excludes halogenated alkanes) is 1. The molecule has 0 aliphatic carbocycles. The number of rotatable bonds is 28. The summed E-state index contributed by atoms with van der Waals surface area (Å²) in [7, 11) is 0. The van der Waals surface area contributed by atoms with E-state index in [0.717, 1.165) is 24.8 Å². The van der Waals surface area contributed by atoms with Crippen LogP contribution in [-0.4, -0.2) is 188 Å². The second kappa shape index (κ2) is 28.9. The van der Waals surface area contributed by atoms with Gasteiger partial charge in [-0.1, -0.05) is 42.3 Å². The van der Waals surface area contributed by atoms with Crippen LogP contribution in [0.4, 0.5) is 17.8 Å². The number of piperazine rings is 2. The van der Waals surface area contributed by atoms with Crippen LogP contribution in [0.25, 0.3) is 0 Å². The van der Waals surface area contributed by atoms with Crippen LogP contribution < -0.4 is 32.3 Å². The summed E-state index contributed by atoms with van der Waals surface area (Å²) in [5.41, 5.74) is 20.1. The van der Waals surface area contributed by atoms with Gasteiger partial charge in [0.25, 0.3) is 0 Å². The van der Waals surface area contributed by atoms with E-state index < -0.39 is 18.1 Å². The largest absolute Gasteiger partial charge is 0.508 e. The Labute approximate surface area is 421 Å². The third-order valence-corrected chi connectivity index (χ3v) is 12.1. The van der Waals surface area contributed by atoms with Gasteiger partial charge in [0.2, 0.25) is 29.7 Å². The Hall–Kier alpha value is -5.78. The van der Waals surface area contributed by atoms with Crippen LogP contribution >= 0.6 is 12.4 Å². The summed E-state index contributed by atoms with van der Waals surface area (Å²) in [6, 6.07) is 4.47. The Bertz CT molecular complexity index is 2250. The molecule has 390 valence electrons. The van der Waals surface area contributed by atoms with Gasteiger partial charge < -0.3 is 66.5 Å². The number of terminal acetylenes is 1. The minimum Gasteiger partial charge on any atom is -0.508 e. The Balaban J connectivity index is 0.00000937. The molecule has 2 aliphatic heterocycles. The van der Waals surface area contributed by atoms with Crippen LogP contribution in [-0.2, 0) is 30.2 Å². The normalized spacial score (nSPS) is 15.8. The number of carbonyl (C=O) groups excluding carboxylic acids is 2. The maximum absolute atomic E-state index is 14.5. The van der Waals surface area contributed by atoms with Crippen molar-refractivity contribution in [1.29, 1.82) is 0 Å². The van der Waals surface area contributed by atoms with E-state index in [-0.39, 0.29) is 49.2 Å². The van der Waals surface area contributed by atoms with Gasteiger partial charge in [0, 0.05) is 65.3 Å². The quantitative estimate of drug-likeness (QED) is 0.0333. The van der Waals surface area contributed by atoms with Crippen molar-refractivity contribution >= 4 is 42.1 Å². The first-order chi connectivity index (χ1) is 34.0. The number of anilines is 3. The van der Waals surface area contributed by atoms with E-state index in [4.69, 9.17) is 52.8 Å². The topological polar surface area (TPSA) is 305 Å². The van der Waals surface area contributed by atoms with Crippen molar-refractivity contribution in [2.45, 2.75) is 70.1 Å².